The summed E-state index contributed by atoms with van der Waals surface area (Å²) in [6.07, 6.45) is 2.00. The van der Waals surface area contributed by atoms with Crippen molar-refractivity contribution in [3.63, 3.8) is 0 Å². The van der Waals surface area contributed by atoms with Gasteiger partial charge in [0, 0.05) is 17.3 Å². The monoisotopic (exact) mass is 173 g/mol. The van der Waals surface area contributed by atoms with Crippen LogP contribution in [0.5, 0.6) is 0 Å². The summed E-state index contributed by atoms with van der Waals surface area (Å²) in [6.45, 7) is 3.36. The smallest absolute Gasteiger partial charge is 0.207 e. The molecule has 0 radical (unpaired) electrons. The third-order valence-electron chi connectivity index (χ3n) is 1.68. The average Bonchev–Trinajstić information content (AvgIpc) is 1.84. The van der Waals surface area contributed by atoms with Crippen LogP contribution in [-0.4, -0.2) is 17.3 Å². The van der Waals surface area contributed by atoms with Crippen molar-refractivity contribution in [1.82, 2.24) is 0 Å². The van der Waals surface area contributed by atoms with E-state index in [2.05, 4.69) is 0 Å². The van der Waals surface area contributed by atoms with Crippen LogP contribution in [-0.2, 0) is 4.79 Å². The molecule has 0 aliphatic heterocycles. The maximum Gasteiger partial charge on any atom is 0.207 e. The van der Waals surface area contributed by atoms with Crippen LogP contribution >= 0.6 is 0 Å². The lowest BCUT2D eigenvalue weighted by Crippen LogP contribution is -2.16. The fraction of sp³-hybridized carbons (Fsp3) is 0.875. The molecular weight excluding hydrogens is 158 g/mol. The lowest BCUT2D eigenvalue weighted by Gasteiger charge is -2.08. The molecule has 4 heteroatoms. The molecule has 0 aliphatic carbocycles. The van der Waals surface area contributed by atoms with Gasteiger partial charge in [-0.1, -0.05) is 13.3 Å². The molecule has 0 amide bonds. The van der Waals surface area contributed by atoms with Gasteiger partial charge in [-0.25, -0.2) is 0 Å². The summed E-state index contributed by atoms with van der Waals surface area (Å²) in [5.41, 5.74) is 0. The maximum absolute atomic E-state index is 10.7. The fourth-order valence-corrected chi connectivity index (χ4v) is 1.28. The van der Waals surface area contributed by atoms with Crippen LogP contribution in [0.1, 0.15) is 33.1 Å². The highest BCUT2D eigenvalue weighted by Gasteiger charge is 2.15. The molecule has 0 aromatic heterocycles. The second kappa shape index (κ2) is 5.69. The van der Waals surface area contributed by atoms with Crippen molar-refractivity contribution in [2.24, 2.45) is 5.92 Å². The van der Waals surface area contributed by atoms with Crippen LogP contribution in [0.25, 0.3) is 0 Å². The SMILES string of the molecule is CCC[C@@H](CC(C)=O)C[N+](=O)[O-]. The molecule has 0 fully saturated rings. The van der Waals surface area contributed by atoms with Crippen LogP contribution in [0.3, 0.4) is 0 Å². The molecule has 4 nitrogen and oxygen atoms in total. The van der Waals surface area contributed by atoms with E-state index < -0.39 is 0 Å². The topological polar surface area (TPSA) is 60.2 Å². The number of nitro groups is 1. The van der Waals surface area contributed by atoms with Gasteiger partial charge < -0.3 is 4.79 Å². The van der Waals surface area contributed by atoms with Crippen LogP contribution in [0, 0.1) is 16.0 Å². The summed E-state index contributed by atoms with van der Waals surface area (Å²) in [5.74, 6) is -0.0298. The Morgan fingerprint density at radius 2 is 2.17 bits per heavy atom. The molecule has 1 atom stereocenters. The highest BCUT2D eigenvalue weighted by Crippen LogP contribution is 2.11. The summed E-state index contributed by atoms with van der Waals surface area (Å²) in [7, 11) is 0. The van der Waals surface area contributed by atoms with Gasteiger partial charge in [0.05, 0.1) is 0 Å². The van der Waals surface area contributed by atoms with Gasteiger partial charge in [0.2, 0.25) is 6.54 Å². The Balaban J connectivity index is 3.85. The van der Waals surface area contributed by atoms with Crippen molar-refractivity contribution in [2.45, 2.75) is 33.1 Å². The van der Waals surface area contributed by atoms with E-state index in [1.54, 1.807) is 0 Å². The second-order valence-corrected chi connectivity index (χ2v) is 3.08. The Morgan fingerprint density at radius 3 is 2.50 bits per heavy atom. The average molecular weight is 173 g/mol. The Bertz CT molecular complexity index is 152. The minimum atomic E-state index is -0.344. The quantitative estimate of drug-likeness (QED) is 0.453. The standard InChI is InChI=1S/C8H15NO3/c1-3-4-8(5-7(2)10)6-9(11)12/h8H,3-6H2,1-2H3/t8-/m0/s1. The molecule has 12 heavy (non-hydrogen) atoms. The number of ketones is 1. The highest BCUT2D eigenvalue weighted by molar-refractivity contribution is 5.75. The third kappa shape index (κ3) is 5.82. The Kier molecular flexibility index (Phi) is 5.25. The first-order valence-corrected chi connectivity index (χ1v) is 4.17. The van der Waals surface area contributed by atoms with E-state index in [1.165, 1.54) is 6.92 Å². The molecule has 0 saturated carbocycles. The van der Waals surface area contributed by atoms with Gasteiger partial charge in [0.15, 0.2) is 0 Å². The van der Waals surface area contributed by atoms with Gasteiger partial charge in [0.1, 0.15) is 5.78 Å². The summed E-state index contributed by atoms with van der Waals surface area (Å²) in [5, 5.41) is 10.2. The molecule has 0 saturated heterocycles. The predicted octanol–water partition coefficient (Wildman–Crippen LogP) is 1.66. The van der Waals surface area contributed by atoms with Crippen molar-refractivity contribution in [1.29, 1.82) is 0 Å². The van der Waals surface area contributed by atoms with E-state index in [-0.39, 0.29) is 23.2 Å². The molecule has 0 aromatic carbocycles. The molecule has 0 spiro atoms. The fourth-order valence-electron chi connectivity index (χ4n) is 1.28. The first-order chi connectivity index (χ1) is 5.56. The number of Topliss-reactive ketones (excluding diaryl/α,β-unsaturated/α-hetero) is 1. The van der Waals surface area contributed by atoms with Crippen LogP contribution in [0.4, 0.5) is 0 Å². The molecular formula is C8H15NO3. The zero-order valence-corrected chi connectivity index (χ0v) is 7.58. The molecule has 0 rings (SSSR count). The highest BCUT2D eigenvalue weighted by atomic mass is 16.6. The van der Waals surface area contributed by atoms with Crippen molar-refractivity contribution in [2.75, 3.05) is 6.54 Å². The molecule has 0 unspecified atom stereocenters. The van der Waals surface area contributed by atoms with Gasteiger partial charge in [-0.2, -0.15) is 0 Å². The molecule has 0 bridgehead atoms. The lowest BCUT2D eigenvalue weighted by molar-refractivity contribution is -0.488. The van der Waals surface area contributed by atoms with E-state index in [0.717, 1.165) is 12.8 Å². The van der Waals surface area contributed by atoms with Gasteiger partial charge in [0.25, 0.3) is 0 Å². The van der Waals surface area contributed by atoms with Gasteiger partial charge in [-0.05, 0) is 13.3 Å². The first kappa shape index (κ1) is 11.1. The van der Waals surface area contributed by atoms with E-state index >= 15 is 0 Å². The zero-order valence-electron chi connectivity index (χ0n) is 7.58. The Morgan fingerprint density at radius 1 is 1.58 bits per heavy atom. The molecule has 0 aliphatic rings. The number of carbonyl (C=O) groups is 1. The number of nitrogens with zero attached hydrogens (tertiary/aromatic N) is 1. The van der Waals surface area contributed by atoms with Crippen molar-refractivity contribution < 1.29 is 9.72 Å². The van der Waals surface area contributed by atoms with Crippen LogP contribution < -0.4 is 0 Å². The Labute approximate surface area is 72.1 Å². The van der Waals surface area contributed by atoms with Crippen LogP contribution in [0.15, 0.2) is 0 Å². The molecule has 0 aromatic rings. The van der Waals surface area contributed by atoms with Crippen molar-refractivity contribution in [3.05, 3.63) is 10.1 Å². The molecule has 0 heterocycles. The largest absolute Gasteiger partial charge is 0.300 e. The summed E-state index contributed by atoms with van der Waals surface area (Å²) >= 11 is 0. The molecule has 70 valence electrons. The van der Waals surface area contributed by atoms with Crippen molar-refractivity contribution >= 4 is 5.78 Å². The van der Waals surface area contributed by atoms with E-state index in [1.807, 2.05) is 6.92 Å². The van der Waals surface area contributed by atoms with E-state index in [0.29, 0.717) is 6.42 Å². The summed E-state index contributed by atoms with van der Waals surface area (Å²) < 4.78 is 0. The Hall–Kier alpha value is -0.930. The summed E-state index contributed by atoms with van der Waals surface area (Å²) in [6, 6.07) is 0. The molecule has 0 N–H and O–H groups in total. The first-order valence-electron chi connectivity index (χ1n) is 4.17. The number of carbonyl (C=O) groups excluding carboxylic acids is 1. The van der Waals surface area contributed by atoms with Crippen LogP contribution in [0.2, 0.25) is 0 Å². The minimum Gasteiger partial charge on any atom is -0.300 e. The van der Waals surface area contributed by atoms with Crippen molar-refractivity contribution in [3.8, 4) is 0 Å². The predicted molar refractivity (Wildman–Crippen MR) is 45.6 cm³/mol. The zero-order chi connectivity index (χ0) is 9.56. The number of hydrogen-bond donors (Lipinski definition) is 0. The van der Waals surface area contributed by atoms with Gasteiger partial charge >= 0.3 is 0 Å². The maximum atomic E-state index is 10.7. The van der Waals surface area contributed by atoms with Gasteiger partial charge in [-0.3, -0.25) is 10.1 Å². The normalized spacial score (nSPS) is 12.5. The number of hydrogen-bond acceptors (Lipinski definition) is 3. The van der Waals surface area contributed by atoms with E-state index in [4.69, 9.17) is 0 Å². The number of rotatable bonds is 6. The van der Waals surface area contributed by atoms with Gasteiger partial charge in [-0.15, -0.1) is 0 Å². The summed E-state index contributed by atoms with van der Waals surface area (Å²) in [4.78, 5) is 20.5. The van der Waals surface area contributed by atoms with E-state index in [9.17, 15) is 14.9 Å². The lowest BCUT2D eigenvalue weighted by atomic mass is 9.98. The minimum absolute atomic E-state index is 0.0373. The third-order valence-corrected chi connectivity index (χ3v) is 1.68. The second-order valence-electron chi connectivity index (χ2n) is 3.08.